The molecule has 0 bridgehead atoms. The van der Waals surface area contributed by atoms with E-state index in [4.69, 9.17) is 5.73 Å². The van der Waals surface area contributed by atoms with Crippen LogP contribution in [-0.4, -0.2) is 10.8 Å². The molecule has 1 heterocycles. The van der Waals surface area contributed by atoms with Crippen molar-refractivity contribution < 1.29 is 9.18 Å². The van der Waals surface area contributed by atoms with Crippen molar-refractivity contribution in [3.05, 3.63) is 45.1 Å². The van der Waals surface area contributed by atoms with Gasteiger partial charge >= 0.3 is 0 Å². The molecule has 0 spiro atoms. The Bertz CT molecular complexity index is 585. The Morgan fingerprint density at radius 2 is 2.22 bits per heavy atom. The summed E-state index contributed by atoms with van der Waals surface area (Å²) in [7, 11) is 0. The molecule has 0 aliphatic carbocycles. The van der Waals surface area contributed by atoms with Crippen LogP contribution < -0.4 is 5.73 Å². The van der Waals surface area contributed by atoms with Crippen LogP contribution in [0.1, 0.15) is 11.3 Å². The maximum absolute atomic E-state index is 13.3. The van der Waals surface area contributed by atoms with Gasteiger partial charge in [-0.05, 0) is 27.6 Å². The minimum absolute atomic E-state index is 0.0217. The highest BCUT2D eigenvalue weighted by Gasteiger charge is 2.11. The number of nitrogens with two attached hydrogens (primary N) is 1. The van der Waals surface area contributed by atoms with Crippen molar-refractivity contribution in [3.63, 3.8) is 0 Å². The molecule has 2 N–H and O–H groups in total. The summed E-state index contributed by atoms with van der Waals surface area (Å²) in [5, 5.41) is 2.21. The van der Waals surface area contributed by atoms with Gasteiger partial charge in [-0.3, -0.25) is 4.79 Å². The van der Waals surface area contributed by atoms with E-state index in [1.54, 1.807) is 17.5 Å². The fraction of sp³-hybridized carbons (Fsp3) is 0.167. The van der Waals surface area contributed by atoms with Crippen LogP contribution in [0, 0.1) is 5.82 Å². The third-order valence-corrected chi connectivity index (χ3v) is 3.98. The highest BCUT2D eigenvalue weighted by Crippen LogP contribution is 2.21. The normalized spacial score (nSPS) is 10.6. The Labute approximate surface area is 116 Å². The molecule has 1 aromatic heterocycles. The Balaban J connectivity index is 2.05. The van der Waals surface area contributed by atoms with Crippen LogP contribution in [0.4, 0.5) is 9.52 Å². The molecule has 18 heavy (non-hydrogen) atoms. The predicted octanol–water partition coefficient (Wildman–Crippen LogP) is 2.98. The highest BCUT2D eigenvalue weighted by atomic mass is 79.9. The monoisotopic (exact) mass is 328 g/mol. The van der Waals surface area contributed by atoms with E-state index in [0.717, 1.165) is 0 Å². The molecular weight excluding hydrogens is 319 g/mol. The van der Waals surface area contributed by atoms with E-state index in [1.807, 2.05) is 0 Å². The van der Waals surface area contributed by atoms with Crippen molar-refractivity contribution in [1.29, 1.82) is 0 Å². The summed E-state index contributed by atoms with van der Waals surface area (Å²) in [5.41, 5.74) is 6.79. The zero-order chi connectivity index (χ0) is 13.1. The lowest BCUT2D eigenvalue weighted by atomic mass is 10.1. The van der Waals surface area contributed by atoms with Crippen molar-refractivity contribution in [3.8, 4) is 0 Å². The van der Waals surface area contributed by atoms with Gasteiger partial charge in [-0.2, -0.15) is 0 Å². The van der Waals surface area contributed by atoms with E-state index in [1.165, 1.54) is 17.4 Å². The maximum atomic E-state index is 13.3. The van der Waals surface area contributed by atoms with Gasteiger partial charge in [0.2, 0.25) is 0 Å². The van der Waals surface area contributed by atoms with Crippen LogP contribution in [0.3, 0.4) is 0 Å². The standard InChI is InChI=1S/C12H10BrFN2OS/c13-11-7(2-1-3-10(11)14)4-9(17)5-8-6-18-12(15)16-8/h1-3,6H,4-5H2,(H2,15,16). The average molecular weight is 329 g/mol. The number of benzene rings is 1. The summed E-state index contributed by atoms with van der Waals surface area (Å²) in [6.07, 6.45) is 0.395. The van der Waals surface area contributed by atoms with E-state index in [-0.39, 0.29) is 24.4 Å². The van der Waals surface area contributed by atoms with Crippen molar-refractivity contribution in [2.24, 2.45) is 0 Å². The fourth-order valence-electron chi connectivity index (χ4n) is 1.57. The van der Waals surface area contributed by atoms with Crippen LogP contribution >= 0.6 is 27.3 Å². The number of nitrogens with zero attached hydrogens (tertiary/aromatic N) is 1. The second-order valence-electron chi connectivity index (χ2n) is 3.78. The number of rotatable bonds is 4. The fourth-order valence-corrected chi connectivity index (χ4v) is 2.53. The molecule has 0 saturated heterocycles. The number of hydrogen-bond donors (Lipinski definition) is 1. The van der Waals surface area contributed by atoms with Crippen LogP contribution in [0.15, 0.2) is 28.1 Å². The van der Waals surface area contributed by atoms with Crippen molar-refractivity contribution >= 4 is 38.2 Å². The van der Waals surface area contributed by atoms with Crippen molar-refractivity contribution in [2.45, 2.75) is 12.8 Å². The molecule has 0 aliphatic heterocycles. The van der Waals surface area contributed by atoms with Crippen LogP contribution in [-0.2, 0) is 17.6 Å². The summed E-state index contributed by atoms with van der Waals surface area (Å²) in [6, 6.07) is 4.66. The number of halogens is 2. The summed E-state index contributed by atoms with van der Waals surface area (Å²) >= 11 is 4.44. The number of anilines is 1. The topological polar surface area (TPSA) is 56.0 Å². The van der Waals surface area contributed by atoms with Crippen LogP contribution in [0.25, 0.3) is 0 Å². The second kappa shape index (κ2) is 5.58. The van der Waals surface area contributed by atoms with Gasteiger partial charge in [0, 0.05) is 18.2 Å². The number of aromatic nitrogens is 1. The highest BCUT2D eigenvalue weighted by molar-refractivity contribution is 9.10. The Hall–Kier alpha value is -1.27. The molecule has 1 aromatic carbocycles. The number of hydrogen-bond acceptors (Lipinski definition) is 4. The molecule has 0 saturated carbocycles. The minimum atomic E-state index is -0.363. The summed E-state index contributed by atoms with van der Waals surface area (Å²) in [6.45, 7) is 0. The lowest BCUT2D eigenvalue weighted by Crippen LogP contribution is -2.07. The predicted molar refractivity (Wildman–Crippen MR) is 73.0 cm³/mol. The molecule has 0 fully saturated rings. The van der Waals surface area contributed by atoms with Crippen LogP contribution in [0.2, 0.25) is 0 Å². The Morgan fingerprint density at radius 1 is 1.44 bits per heavy atom. The van der Waals surface area contributed by atoms with Gasteiger partial charge in [0.15, 0.2) is 5.13 Å². The van der Waals surface area contributed by atoms with Gasteiger partial charge in [0.25, 0.3) is 0 Å². The van der Waals surface area contributed by atoms with E-state index < -0.39 is 0 Å². The van der Waals surface area contributed by atoms with Crippen molar-refractivity contribution in [2.75, 3.05) is 5.73 Å². The van der Waals surface area contributed by atoms with E-state index in [0.29, 0.717) is 20.9 Å². The molecule has 0 unspecified atom stereocenters. The zero-order valence-corrected chi connectivity index (χ0v) is 11.7. The molecule has 94 valence electrons. The molecule has 0 amide bonds. The summed E-state index contributed by atoms with van der Waals surface area (Å²) < 4.78 is 13.6. The number of Topliss-reactive ketones (excluding diaryl/α,β-unsaturated/α-hetero) is 1. The first kappa shape index (κ1) is 13.2. The van der Waals surface area contributed by atoms with Gasteiger partial charge in [-0.25, -0.2) is 9.37 Å². The van der Waals surface area contributed by atoms with Gasteiger partial charge in [0.05, 0.1) is 10.2 Å². The van der Waals surface area contributed by atoms with Gasteiger partial charge in [0.1, 0.15) is 11.6 Å². The molecular formula is C12H10BrFN2OS. The van der Waals surface area contributed by atoms with Crippen LogP contribution in [0.5, 0.6) is 0 Å². The van der Waals surface area contributed by atoms with Gasteiger partial charge < -0.3 is 5.73 Å². The number of nitrogen functional groups attached to an aromatic ring is 1. The third-order valence-electron chi connectivity index (χ3n) is 2.37. The lowest BCUT2D eigenvalue weighted by molar-refractivity contribution is -0.117. The number of carbonyl (C=O) groups excluding carboxylic acids is 1. The second-order valence-corrected chi connectivity index (χ2v) is 5.46. The first-order valence-corrected chi connectivity index (χ1v) is 6.88. The molecule has 0 radical (unpaired) electrons. The van der Waals surface area contributed by atoms with Crippen molar-refractivity contribution in [1.82, 2.24) is 4.98 Å². The molecule has 2 aromatic rings. The molecule has 0 aliphatic rings. The molecule has 3 nitrogen and oxygen atoms in total. The minimum Gasteiger partial charge on any atom is -0.375 e. The van der Waals surface area contributed by atoms with Gasteiger partial charge in [-0.15, -0.1) is 11.3 Å². The molecule has 0 atom stereocenters. The smallest absolute Gasteiger partial charge is 0.180 e. The van der Waals surface area contributed by atoms with Gasteiger partial charge in [-0.1, -0.05) is 12.1 Å². The average Bonchev–Trinajstić information content (AvgIpc) is 2.70. The number of carbonyl (C=O) groups is 1. The van der Waals surface area contributed by atoms with E-state index in [9.17, 15) is 9.18 Å². The SMILES string of the molecule is Nc1nc(CC(=O)Cc2cccc(F)c2Br)cs1. The van der Waals surface area contributed by atoms with E-state index in [2.05, 4.69) is 20.9 Å². The lowest BCUT2D eigenvalue weighted by Gasteiger charge is -2.03. The Morgan fingerprint density at radius 3 is 2.89 bits per heavy atom. The maximum Gasteiger partial charge on any atom is 0.180 e. The first-order valence-electron chi connectivity index (χ1n) is 5.20. The third kappa shape index (κ3) is 3.14. The first-order chi connectivity index (χ1) is 8.56. The quantitative estimate of drug-likeness (QED) is 0.938. The largest absolute Gasteiger partial charge is 0.375 e. The molecule has 6 heteroatoms. The summed E-state index contributed by atoms with van der Waals surface area (Å²) in [4.78, 5) is 15.9. The molecule has 2 rings (SSSR count). The zero-order valence-electron chi connectivity index (χ0n) is 9.32. The Kier molecular flexibility index (Phi) is 4.08. The summed E-state index contributed by atoms with van der Waals surface area (Å²) in [5.74, 6) is -0.384. The van der Waals surface area contributed by atoms with E-state index >= 15 is 0 Å². The number of thiazole rings is 1. The number of ketones is 1.